The molecule has 0 N–H and O–H groups in total. The van der Waals surface area contributed by atoms with Crippen molar-refractivity contribution in [2.24, 2.45) is 0 Å². The van der Waals surface area contributed by atoms with Crippen LogP contribution in [0, 0.1) is 0 Å². The Hall–Kier alpha value is -6.06. The summed E-state index contributed by atoms with van der Waals surface area (Å²) in [4.78, 5) is 15.7. The Kier molecular flexibility index (Phi) is 6.33. The topological polar surface area (TPSA) is 48.5 Å². The van der Waals surface area contributed by atoms with Crippen LogP contribution < -0.4 is 0 Å². The Morgan fingerprint density at radius 1 is 0.392 bits per heavy atom. The molecule has 5 nitrogen and oxygen atoms in total. The monoisotopic (exact) mass is 767 g/mol. The molecule has 6 heteroatoms. The number of fused-ring (bicyclic) bond motifs is 9. The minimum absolute atomic E-state index is 0.560. The van der Waals surface area contributed by atoms with Crippen molar-refractivity contribution < 1.29 is 0 Å². The van der Waals surface area contributed by atoms with Gasteiger partial charge in [0.2, 0.25) is 0 Å². The van der Waals surface area contributed by atoms with Crippen molar-refractivity contribution >= 4 is 81.6 Å². The number of hydrogen-bond acceptors (Lipinski definition) is 3. The van der Waals surface area contributed by atoms with E-state index in [1.807, 2.05) is 18.2 Å². The van der Waals surface area contributed by atoms with Gasteiger partial charge in [-0.25, -0.2) is 0 Å². The molecule has 0 spiro atoms. The number of aromatic nitrogens is 5. The van der Waals surface area contributed by atoms with Crippen molar-refractivity contribution in [1.29, 1.82) is 0 Å². The fraction of sp³-hybridized carbons (Fsp3) is 0. The summed E-state index contributed by atoms with van der Waals surface area (Å²) >= 11 is -0.560. The molecule has 0 amide bonds. The fourth-order valence-corrected chi connectivity index (χ4v) is 11.3. The number of para-hydroxylation sites is 3. The molecule has 0 aliphatic carbocycles. The van der Waals surface area contributed by atoms with Gasteiger partial charge < -0.3 is 0 Å². The number of rotatable bonds is 4. The zero-order chi connectivity index (χ0) is 33.5. The Morgan fingerprint density at radius 3 is 1.73 bits per heavy atom. The predicted octanol–water partition coefficient (Wildman–Crippen LogP) is 10.8. The van der Waals surface area contributed by atoms with Crippen LogP contribution in [0.15, 0.2) is 164 Å². The Bertz CT molecular complexity index is 3100. The first-order valence-electron chi connectivity index (χ1n) is 17.0. The second-order valence-electron chi connectivity index (χ2n) is 12.8. The third-order valence-electron chi connectivity index (χ3n) is 10.00. The number of benzene rings is 7. The van der Waals surface area contributed by atoms with Crippen molar-refractivity contribution in [3.05, 3.63) is 164 Å². The molecule has 0 fully saturated rings. The summed E-state index contributed by atoms with van der Waals surface area (Å²) in [5.74, 6) is 1.89. The van der Waals surface area contributed by atoms with Gasteiger partial charge in [0.25, 0.3) is 0 Å². The van der Waals surface area contributed by atoms with Crippen molar-refractivity contribution in [3.63, 3.8) is 0 Å². The van der Waals surface area contributed by atoms with E-state index in [0.717, 1.165) is 33.1 Å². The van der Waals surface area contributed by atoms with Gasteiger partial charge in [0.1, 0.15) is 0 Å². The first-order chi connectivity index (χ1) is 25.3. The van der Waals surface area contributed by atoms with E-state index in [1.54, 1.807) is 0 Å². The van der Waals surface area contributed by atoms with Crippen LogP contribution in [0.2, 0.25) is 0 Å². The van der Waals surface area contributed by atoms with E-state index >= 15 is 0 Å². The van der Waals surface area contributed by atoms with Gasteiger partial charge in [0.15, 0.2) is 0 Å². The van der Waals surface area contributed by atoms with E-state index in [2.05, 4.69) is 155 Å². The zero-order valence-corrected chi connectivity index (χ0v) is 29.6. The zero-order valence-electron chi connectivity index (χ0n) is 27.2. The van der Waals surface area contributed by atoms with Gasteiger partial charge in [0.05, 0.1) is 0 Å². The quantitative estimate of drug-likeness (QED) is 0.168. The van der Waals surface area contributed by atoms with Crippen LogP contribution >= 0.6 is 0 Å². The van der Waals surface area contributed by atoms with Crippen molar-refractivity contribution in [2.75, 3.05) is 0 Å². The standard InChI is InChI=1S/C45H27N5Te/c1-2-14-28(15-3-1)43-46-44(48-45(47-43)50-35-22-8-4-16-29(35)30-17-5-9-23-36(30)50)34-21-13-25-38-41(34)33-19-6-10-24-37(33)49(38)39-26-12-20-32-31-18-7-11-27-40(31)51-42(32)39/h1-27H. The van der Waals surface area contributed by atoms with Gasteiger partial charge in [-0.2, -0.15) is 0 Å². The molecule has 0 saturated carbocycles. The van der Waals surface area contributed by atoms with Gasteiger partial charge in [-0.1, -0.05) is 42.5 Å². The maximum absolute atomic E-state index is 5.33. The first kappa shape index (κ1) is 28.7. The molecule has 51 heavy (non-hydrogen) atoms. The van der Waals surface area contributed by atoms with E-state index < -0.39 is 20.4 Å². The molecule has 4 aromatic heterocycles. The molecular formula is C45H27N5Te. The van der Waals surface area contributed by atoms with Gasteiger partial charge in [-0.15, -0.1) is 0 Å². The summed E-state index contributed by atoms with van der Waals surface area (Å²) in [5.41, 5.74) is 7.64. The average molecular weight is 765 g/mol. The van der Waals surface area contributed by atoms with Crippen molar-refractivity contribution in [1.82, 2.24) is 24.1 Å². The van der Waals surface area contributed by atoms with Gasteiger partial charge in [-0.3, -0.25) is 0 Å². The second kappa shape index (κ2) is 11.2. The summed E-state index contributed by atoms with van der Waals surface area (Å²) in [5, 5.41) is 7.41. The van der Waals surface area contributed by atoms with Crippen molar-refractivity contribution in [3.8, 4) is 34.4 Å². The molecular weight excluding hydrogens is 738 g/mol. The third-order valence-corrected chi connectivity index (χ3v) is 13.4. The van der Waals surface area contributed by atoms with Gasteiger partial charge >= 0.3 is 261 Å². The van der Waals surface area contributed by atoms with E-state index in [9.17, 15) is 0 Å². The van der Waals surface area contributed by atoms with E-state index in [-0.39, 0.29) is 0 Å². The molecule has 0 radical (unpaired) electrons. The third kappa shape index (κ3) is 4.31. The molecule has 11 rings (SSSR count). The average Bonchev–Trinajstić information content (AvgIpc) is 3.86. The molecule has 0 unspecified atom stereocenters. The van der Waals surface area contributed by atoms with Crippen LogP contribution in [0.4, 0.5) is 0 Å². The predicted molar refractivity (Wildman–Crippen MR) is 211 cm³/mol. The van der Waals surface area contributed by atoms with E-state index in [4.69, 9.17) is 15.0 Å². The summed E-state index contributed by atoms with van der Waals surface area (Å²) in [6.45, 7) is 0. The van der Waals surface area contributed by atoms with E-state index in [1.165, 1.54) is 44.9 Å². The summed E-state index contributed by atoms with van der Waals surface area (Å²) in [7, 11) is 0. The molecule has 4 heterocycles. The molecule has 238 valence electrons. The van der Waals surface area contributed by atoms with Crippen LogP contribution in [-0.2, 0) is 0 Å². The molecule has 0 bridgehead atoms. The molecule has 11 aromatic rings. The maximum atomic E-state index is 5.33. The SMILES string of the molecule is c1ccc(-c2nc(-c3cccc4c3c3ccccc3n4-c3cccc4c3[te]c3ccccc34)nc(-n3c4ccccc4c4ccccc43)n2)cc1. The molecule has 0 aliphatic rings. The number of hydrogen-bond donors (Lipinski definition) is 0. The molecule has 0 aliphatic heterocycles. The van der Waals surface area contributed by atoms with Crippen LogP contribution in [0.3, 0.4) is 0 Å². The van der Waals surface area contributed by atoms with Crippen LogP contribution in [-0.4, -0.2) is 44.5 Å². The fourth-order valence-electron chi connectivity index (χ4n) is 7.81. The first-order valence-corrected chi connectivity index (χ1v) is 19.4. The Balaban J connectivity index is 1.23. The van der Waals surface area contributed by atoms with Crippen LogP contribution in [0.1, 0.15) is 0 Å². The second-order valence-corrected chi connectivity index (χ2v) is 15.8. The Labute approximate surface area is 302 Å². The van der Waals surface area contributed by atoms with Crippen molar-refractivity contribution in [2.45, 2.75) is 0 Å². The van der Waals surface area contributed by atoms with Gasteiger partial charge in [-0.05, 0) is 0 Å². The summed E-state index contributed by atoms with van der Waals surface area (Å²) in [6, 6.07) is 58.2. The normalized spacial score (nSPS) is 11.9. The molecule has 7 aromatic carbocycles. The van der Waals surface area contributed by atoms with E-state index in [0.29, 0.717) is 17.6 Å². The molecule has 0 saturated heterocycles. The number of nitrogens with zero attached hydrogens (tertiary/aromatic N) is 5. The Morgan fingerprint density at radius 2 is 0.961 bits per heavy atom. The van der Waals surface area contributed by atoms with Crippen LogP contribution in [0.5, 0.6) is 0 Å². The van der Waals surface area contributed by atoms with Gasteiger partial charge in [0, 0.05) is 0 Å². The summed E-state index contributed by atoms with van der Waals surface area (Å²) in [6.07, 6.45) is 0. The van der Waals surface area contributed by atoms with Crippen LogP contribution in [0.25, 0.3) is 95.6 Å². The molecule has 0 atom stereocenters. The summed E-state index contributed by atoms with van der Waals surface area (Å²) < 4.78 is 7.64. The minimum atomic E-state index is -0.560.